The van der Waals surface area contributed by atoms with Crippen LogP contribution in [0.25, 0.3) is 0 Å². The Morgan fingerprint density at radius 1 is 1.29 bits per heavy atom. The molecule has 3 N–H and O–H groups in total. The highest BCUT2D eigenvalue weighted by molar-refractivity contribution is 5.96. The lowest BCUT2D eigenvalue weighted by Crippen LogP contribution is -2.56. The maximum absolute atomic E-state index is 13.2. The Labute approximate surface area is 204 Å². The van der Waals surface area contributed by atoms with Crippen LogP contribution in [0.4, 0.5) is 0 Å². The van der Waals surface area contributed by atoms with E-state index >= 15 is 0 Å². The lowest BCUT2D eigenvalue weighted by Gasteiger charge is -2.41. The number of hydrogen-bond acceptors (Lipinski definition) is 8. The van der Waals surface area contributed by atoms with Crippen molar-refractivity contribution < 1.29 is 38.8 Å². The summed E-state index contributed by atoms with van der Waals surface area (Å²) in [5, 5.41) is 23.3. The van der Waals surface area contributed by atoms with Gasteiger partial charge in [-0.2, -0.15) is 0 Å². The summed E-state index contributed by atoms with van der Waals surface area (Å²) in [5.41, 5.74) is 1.16. The van der Waals surface area contributed by atoms with Crippen LogP contribution in [0, 0.1) is 5.92 Å². The molecule has 192 valence electrons. The van der Waals surface area contributed by atoms with Crippen LogP contribution in [0.5, 0.6) is 11.5 Å². The normalized spacial score (nSPS) is 22.5. The molecular formula is C25H34N2O8. The number of methoxy groups -OCH3 is 2. The van der Waals surface area contributed by atoms with Gasteiger partial charge in [0.15, 0.2) is 11.5 Å². The molecule has 0 radical (unpaired) electrons. The molecule has 10 nitrogen and oxygen atoms in total. The van der Waals surface area contributed by atoms with Crippen molar-refractivity contribution in [3.05, 3.63) is 34.9 Å². The maximum atomic E-state index is 13.2. The van der Waals surface area contributed by atoms with Gasteiger partial charge in [0, 0.05) is 36.9 Å². The molecule has 0 unspecified atom stereocenters. The van der Waals surface area contributed by atoms with Gasteiger partial charge in [-0.25, -0.2) is 0 Å². The second kappa shape index (κ2) is 11.7. The highest BCUT2D eigenvalue weighted by atomic mass is 16.5. The van der Waals surface area contributed by atoms with Crippen LogP contribution in [0.1, 0.15) is 42.1 Å². The van der Waals surface area contributed by atoms with Gasteiger partial charge in [-0.15, -0.1) is 0 Å². The Kier molecular flexibility index (Phi) is 8.87. The first-order chi connectivity index (χ1) is 16.8. The van der Waals surface area contributed by atoms with E-state index in [0.717, 1.165) is 0 Å². The number of aldehydes is 1. The molecule has 0 aromatic heterocycles. The number of carbonyl (C=O) groups excluding carboxylic acids is 3. The van der Waals surface area contributed by atoms with Crippen molar-refractivity contribution in [2.75, 3.05) is 40.5 Å². The highest BCUT2D eigenvalue weighted by Crippen LogP contribution is 2.51. The van der Waals surface area contributed by atoms with Crippen molar-refractivity contribution in [3.63, 3.8) is 0 Å². The molecule has 2 aliphatic rings. The Balaban J connectivity index is 2.11. The molecule has 0 saturated heterocycles. The minimum Gasteiger partial charge on any atom is -0.493 e. The zero-order chi connectivity index (χ0) is 25.7. The number of aliphatic hydroxyl groups excluding tert-OH is 2. The molecule has 35 heavy (non-hydrogen) atoms. The third-order valence-corrected chi connectivity index (χ3v) is 6.31. The van der Waals surface area contributed by atoms with Crippen LogP contribution in [0.3, 0.4) is 0 Å². The van der Waals surface area contributed by atoms with Gasteiger partial charge in [-0.3, -0.25) is 14.4 Å². The first kappa shape index (κ1) is 26.7. The van der Waals surface area contributed by atoms with Crippen molar-refractivity contribution in [3.8, 4) is 11.5 Å². The Bertz CT molecular complexity index is 976. The molecule has 0 spiro atoms. The second-order valence-electron chi connectivity index (χ2n) is 9.10. The van der Waals surface area contributed by atoms with Crippen LogP contribution in [-0.2, 0) is 14.3 Å². The summed E-state index contributed by atoms with van der Waals surface area (Å²) < 4.78 is 16.6. The Morgan fingerprint density at radius 3 is 2.63 bits per heavy atom. The predicted octanol–water partition coefficient (Wildman–Crippen LogP) is 0.651. The van der Waals surface area contributed by atoms with Crippen LogP contribution in [0.15, 0.2) is 23.8 Å². The molecule has 1 aromatic carbocycles. The number of amides is 2. The Morgan fingerprint density at radius 2 is 2.03 bits per heavy atom. The summed E-state index contributed by atoms with van der Waals surface area (Å²) in [7, 11) is 2.86. The molecule has 1 heterocycles. The SMILES string of the molecule is COCC(=O)N(CCC(C)C)[C@@H]1C=C(C(=O)NCCO)[C@@H]2c3cc(C=O)cc(OC)c3O[C@@H]2[C@H]1O. The molecule has 3 rings (SSSR count). The minimum atomic E-state index is -1.17. The fourth-order valence-electron chi connectivity index (χ4n) is 4.60. The van der Waals surface area contributed by atoms with Crippen molar-refractivity contribution >= 4 is 18.1 Å². The fourth-order valence-corrected chi connectivity index (χ4v) is 4.60. The van der Waals surface area contributed by atoms with E-state index in [1.165, 1.54) is 25.2 Å². The average Bonchev–Trinajstić information content (AvgIpc) is 3.23. The summed E-state index contributed by atoms with van der Waals surface area (Å²) in [4.78, 5) is 39.2. The third-order valence-electron chi connectivity index (χ3n) is 6.31. The van der Waals surface area contributed by atoms with Crippen LogP contribution in [0.2, 0.25) is 0 Å². The lowest BCUT2D eigenvalue weighted by molar-refractivity contribution is -0.141. The molecule has 0 fully saturated rings. The molecule has 0 bridgehead atoms. The number of nitrogens with one attached hydrogen (secondary N) is 1. The van der Waals surface area contributed by atoms with Gasteiger partial charge < -0.3 is 34.6 Å². The molecule has 1 aliphatic heterocycles. The number of benzene rings is 1. The average molecular weight is 491 g/mol. The van der Waals surface area contributed by atoms with Gasteiger partial charge in [0.1, 0.15) is 25.1 Å². The van der Waals surface area contributed by atoms with Crippen molar-refractivity contribution in [1.82, 2.24) is 10.2 Å². The standard InChI is InChI=1S/C25H34N2O8/c1-14(2)5-7-27(20(30)13-33-3)18-11-17(25(32)26-6-8-28)21-16-9-15(12-29)10-19(34-4)23(16)35-24(21)22(18)31/h9-12,14,18,21-22,24,28,31H,5-8,13H2,1-4H3,(H,26,32)/t18-,21+,22+,24+/m1/s1. The van der Waals surface area contributed by atoms with Gasteiger partial charge >= 0.3 is 0 Å². The smallest absolute Gasteiger partial charge is 0.249 e. The number of hydrogen-bond donors (Lipinski definition) is 3. The summed E-state index contributed by atoms with van der Waals surface area (Å²) in [5.74, 6) is -0.529. The van der Waals surface area contributed by atoms with Crippen LogP contribution >= 0.6 is 0 Å². The summed E-state index contributed by atoms with van der Waals surface area (Å²) in [6.07, 6.45) is 0.876. The fraction of sp³-hybridized carbons (Fsp3) is 0.560. The zero-order valence-electron chi connectivity index (χ0n) is 20.5. The van der Waals surface area contributed by atoms with E-state index in [1.54, 1.807) is 12.1 Å². The van der Waals surface area contributed by atoms with Crippen LogP contribution in [-0.4, -0.2) is 92.0 Å². The van der Waals surface area contributed by atoms with Gasteiger partial charge in [-0.05, 0) is 30.5 Å². The monoisotopic (exact) mass is 490 g/mol. The summed E-state index contributed by atoms with van der Waals surface area (Å²) >= 11 is 0. The van der Waals surface area contributed by atoms with Gasteiger partial charge in [0.25, 0.3) is 0 Å². The van der Waals surface area contributed by atoms with E-state index in [0.29, 0.717) is 47.8 Å². The number of fused-ring (bicyclic) bond motifs is 3. The van der Waals surface area contributed by atoms with Crippen LogP contribution < -0.4 is 14.8 Å². The first-order valence-corrected chi connectivity index (χ1v) is 11.7. The molecule has 1 aliphatic carbocycles. The first-order valence-electron chi connectivity index (χ1n) is 11.7. The van der Waals surface area contributed by atoms with E-state index in [9.17, 15) is 24.6 Å². The molecule has 2 amide bonds. The van der Waals surface area contributed by atoms with E-state index in [4.69, 9.17) is 14.2 Å². The number of nitrogens with zero attached hydrogens (tertiary/aromatic N) is 1. The molecular weight excluding hydrogens is 456 g/mol. The predicted molar refractivity (Wildman–Crippen MR) is 127 cm³/mol. The molecule has 0 saturated carbocycles. The van der Waals surface area contributed by atoms with Crippen molar-refractivity contribution in [2.45, 2.75) is 44.4 Å². The lowest BCUT2D eigenvalue weighted by atomic mass is 9.77. The number of carbonyl (C=O) groups is 3. The number of ether oxygens (including phenoxy) is 3. The number of rotatable bonds is 11. The topological polar surface area (TPSA) is 135 Å². The van der Waals surface area contributed by atoms with Crippen molar-refractivity contribution in [2.24, 2.45) is 5.92 Å². The maximum Gasteiger partial charge on any atom is 0.249 e. The van der Waals surface area contributed by atoms with E-state index in [2.05, 4.69) is 5.32 Å². The third kappa shape index (κ3) is 5.50. The quantitative estimate of drug-likeness (QED) is 0.385. The highest BCUT2D eigenvalue weighted by Gasteiger charge is 2.51. The van der Waals surface area contributed by atoms with E-state index in [-0.39, 0.29) is 31.2 Å². The largest absolute Gasteiger partial charge is 0.493 e. The molecule has 10 heteroatoms. The van der Waals surface area contributed by atoms with Gasteiger partial charge in [0.05, 0.1) is 25.7 Å². The number of aliphatic hydroxyl groups is 2. The van der Waals surface area contributed by atoms with Gasteiger partial charge in [0.2, 0.25) is 11.8 Å². The van der Waals surface area contributed by atoms with Gasteiger partial charge in [-0.1, -0.05) is 13.8 Å². The van der Waals surface area contributed by atoms with Crippen molar-refractivity contribution in [1.29, 1.82) is 0 Å². The molecule has 1 aromatic rings. The summed E-state index contributed by atoms with van der Waals surface area (Å²) in [6, 6.07) is 2.29. The summed E-state index contributed by atoms with van der Waals surface area (Å²) in [6.45, 7) is 4.03. The minimum absolute atomic E-state index is 0.0336. The van der Waals surface area contributed by atoms with E-state index in [1.807, 2.05) is 13.8 Å². The molecule has 4 atom stereocenters. The van der Waals surface area contributed by atoms with E-state index < -0.39 is 30.1 Å². The zero-order valence-corrected chi connectivity index (χ0v) is 20.5. The Hall–Kier alpha value is -2.95. The second-order valence-corrected chi connectivity index (χ2v) is 9.10.